The Balaban J connectivity index is 0.00000120. The highest BCUT2D eigenvalue weighted by Gasteiger charge is 2.28. The normalized spacial score (nSPS) is 18.2. The largest absolute Gasteiger partial charge is 0.480 e. The van der Waals surface area contributed by atoms with E-state index in [-0.39, 0.29) is 12.4 Å². The van der Waals surface area contributed by atoms with Gasteiger partial charge in [0.2, 0.25) is 0 Å². The van der Waals surface area contributed by atoms with Gasteiger partial charge in [-0.3, -0.25) is 10.1 Å². The number of benzene rings is 1. The zero-order valence-corrected chi connectivity index (χ0v) is 10.9. The van der Waals surface area contributed by atoms with Crippen molar-refractivity contribution in [3.8, 4) is 0 Å². The number of halogens is 2. The molecule has 0 aliphatic carbocycles. The predicted octanol–water partition coefficient (Wildman–Crippen LogP) is 2.51. The van der Waals surface area contributed by atoms with Crippen LogP contribution in [0.1, 0.15) is 17.3 Å². The molecule has 0 amide bonds. The molecule has 0 bridgehead atoms. The molecule has 1 atom stereocenters. The summed E-state index contributed by atoms with van der Waals surface area (Å²) in [6.45, 7) is 0.670. The number of carbonyl (C=O) groups is 1. The average Bonchev–Trinajstić information content (AvgIpc) is 2.66. The van der Waals surface area contributed by atoms with E-state index >= 15 is 0 Å². The molecule has 0 fully saturated rings. The fourth-order valence-electron chi connectivity index (χ4n) is 2.41. The van der Waals surface area contributed by atoms with Crippen molar-refractivity contribution in [1.29, 1.82) is 0 Å². The van der Waals surface area contributed by atoms with Gasteiger partial charge in [0.1, 0.15) is 6.04 Å². The van der Waals surface area contributed by atoms with Crippen molar-refractivity contribution in [2.75, 3.05) is 6.54 Å². The molecular formula is C12H12Cl2N2O2. The Bertz CT molecular complexity index is 609. The van der Waals surface area contributed by atoms with Crippen molar-refractivity contribution < 1.29 is 9.90 Å². The molecule has 3 N–H and O–H groups in total. The molecule has 0 radical (unpaired) electrons. The number of aromatic amines is 1. The minimum Gasteiger partial charge on any atom is -0.480 e. The number of aliphatic carboxylic acids is 1. The van der Waals surface area contributed by atoms with E-state index in [1.54, 1.807) is 6.07 Å². The molecule has 0 spiro atoms. The maximum absolute atomic E-state index is 11.2. The first kappa shape index (κ1) is 13.2. The van der Waals surface area contributed by atoms with Crippen molar-refractivity contribution in [3.63, 3.8) is 0 Å². The number of carboxylic acids is 1. The van der Waals surface area contributed by atoms with Crippen molar-refractivity contribution in [3.05, 3.63) is 34.5 Å². The SMILES string of the molecule is Cl.O=C(O)C1NCCc2c1[nH]c1ccc(Cl)cc21. The van der Waals surface area contributed by atoms with Crippen LogP contribution in [0.2, 0.25) is 5.02 Å². The lowest BCUT2D eigenvalue weighted by Gasteiger charge is -2.20. The molecule has 96 valence electrons. The minimum absolute atomic E-state index is 0. The highest BCUT2D eigenvalue weighted by Crippen LogP contribution is 2.31. The van der Waals surface area contributed by atoms with E-state index in [1.807, 2.05) is 12.1 Å². The van der Waals surface area contributed by atoms with Gasteiger partial charge in [0, 0.05) is 28.2 Å². The number of hydrogen-bond acceptors (Lipinski definition) is 2. The Morgan fingerprint density at radius 2 is 2.22 bits per heavy atom. The average molecular weight is 287 g/mol. The van der Waals surface area contributed by atoms with Crippen LogP contribution in [-0.2, 0) is 11.2 Å². The molecule has 4 nitrogen and oxygen atoms in total. The molecule has 1 aliphatic rings. The number of H-pyrrole nitrogens is 1. The molecule has 2 heterocycles. The van der Waals surface area contributed by atoms with Gasteiger partial charge in [0.15, 0.2) is 0 Å². The van der Waals surface area contributed by atoms with Crippen molar-refractivity contribution >= 4 is 40.9 Å². The molecule has 3 rings (SSSR count). The van der Waals surface area contributed by atoms with Crippen molar-refractivity contribution in [2.24, 2.45) is 0 Å². The molecule has 18 heavy (non-hydrogen) atoms. The fourth-order valence-corrected chi connectivity index (χ4v) is 2.58. The van der Waals surface area contributed by atoms with Gasteiger partial charge in [-0.05, 0) is 30.2 Å². The van der Waals surface area contributed by atoms with Crippen LogP contribution in [0.3, 0.4) is 0 Å². The molecule has 0 saturated carbocycles. The second-order valence-corrected chi connectivity index (χ2v) is 4.62. The maximum atomic E-state index is 11.2. The van der Waals surface area contributed by atoms with E-state index in [4.69, 9.17) is 16.7 Å². The Morgan fingerprint density at radius 3 is 2.94 bits per heavy atom. The van der Waals surface area contributed by atoms with Gasteiger partial charge in [0.05, 0.1) is 0 Å². The maximum Gasteiger partial charge on any atom is 0.326 e. The van der Waals surface area contributed by atoms with Gasteiger partial charge in [-0.1, -0.05) is 11.6 Å². The first-order valence-electron chi connectivity index (χ1n) is 5.43. The molecular weight excluding hydrogens is 275 g/mol. The van der Waals surface area contributed by atoms with Crippen LogP contribution in [0.4, 0.5) is 0 Å². The number of fused-ring (bicyclic) bond motifs is 3. The van der Waals surface area contributed by atoms with Crippen LogP contribution in [0, 0.1) is 0 Å². The van der Waals surface area contributed by atoms with Crippen LogP contribution in [0.15, 0.2) is 18.2 Å². The van der Waals surface area contributed by atoms with Crippen molar-refractivity contribution in [1.82, 2.24) is 10.3 Å². The van der Waals surface area contributed by atoms with Crippen LogP contribution in [0.25, 0.3) is 10.9 Å². The van der Waals surface area contributed by atoms with Crippen LogP contribution in [-0.4, -0.2) is 22.6 Å². The Labute approximate surface area is 115 Å². The number of hydrogen-bond donors (Lipinski definition) is 3. The van der Waals surface area contributed by atoms with Crippen LogP contribution in [0.5, 0.6) is 0 Å². The first-order chi connectivity index (χ1) is 8.16. The zero-order chi connectivity index (χ0) is 12.0. The summed E-state index contributed by atoms with van der Waals surface area (Å²) in [6, 6.07) is 4.92. The van der Waals surface area contributed by atoms with Gasteiger partial charge in [-0.15, -0.1) is 12.4 Å². The van der Waals surface area contributed by atoms with E-state index in [9.17, 15) is 4.79 Å². The molecule has 6 heteroatoms. The summed E-state index contributed by atoms with van der Waals surface area (Å²) >= 11 is 5.97. The number of carboxylic acid groups (broad SMARTS) is 1. The summed E-state index contributed by atoms with van der Waals surface area (Å²) < 4.78 is 0. The van der Waals surface area contributed by atoms with Gasteiger partial charge >= 0.3 is 5.97 Å². The van der Waals surface area contributed by atoms with Crippen LogP contribution < -0.4 is 5.32 Å². The van der Waals surface area contributed by atoms with E-state index in [0.717, 1.165) is 28.6 Å². The standard InChI is InChI=1S/C12H11ClN2O2.ClH/c13-6-1-2-9-8(5-6)7-3-4-14-11(12(16)17)10(7)15-9;/h1-2,5,11,14-15H,3-4H2,(H,16,17);1H. The molecule has 1 unspecified atom stereocenters. The molecule has 1 aromatic carbocycles. The van der Waals surface area contributed by atoms with Gasteiger partial charge < -0.3 is 10.1 Å². The number of aromatic nitrogens is 1. The first-order valence-corrected chi connectivity index (χ1v) is 5.81. The summed E-state index contributed by atoms with van der Waals surface area (Å²) in [6.07, 6.45) is 0.819. The number of rotatable bonds is 1. The summed E-state index contributed by atoms with van der Waals surface area (Å²) in [4.78, 5) is 14.3. The topological polar surface area (TPSA) is 65.1 Å². The second-order valence-electron chi connectivity index (χ2n) is 4.18. The summed E-state index contributed by atoms with van der Waals surface area (Å²) in [5, 5.41) is 13.8. The Hall–Kier alpha value is -1.23. The summed E-state index contributed by atoms with van der Waals surface area (Å²) in [5.74, 6) is -0.858. The smallest absolute Gasteiger partial charge is 0.326 e. The van der Waals surface area contributed by atoms with Gasteiger partial charge in [-0.2, -0.15) is 0 Å². The highest BCUT2D eigenvalue weighted by molar-refractivity contribution is 6.31. The molecule has 0 saturated heterocycles. The van der Waals surface area contributed by atoms with Crippen LogP contribution >= 0.6 is 24.0 Å². The lowest BCUT2D eigenvalue weighted by molar-refractivity contribution is -0.139. The van der Waals surface area contributed by atoms with E-state index < -0.39 is 12.0 Å². The van der Waals surface area contributed by atoms with E-state index in [2.05, 4.69) is 10.3 Å². The third kappa shape index (κ3) is 1.96. The molecule has 1 aliphatic heterocycles. The zero-order valence-electron chi connectivity index (χ0n) is 9.37. The number of nitrogens with one attached hydrogen (secondary N) is 2. The van der Waals surface area contributed by atoms with Crippen molar-refractivity contribution in [2.45, 2.75) is 12.5 Å². The Morgan fingerprint density at radius 1 is 1.44 bits per heavy atom. The molecule has 1 aromatic heterocycles. The monoisotopic (exact) mass is 286 g/mol. The summed E-state index contributed by atoms with van der Waals surface area (Å²) in [5.41, 5.74) is 2.75. The minimum atomic E-state index is -0.858. The Kier molecular flexibility index (Phi) is 3.52. The third-order valence-electron chi connectivity index (χ3n) is 3.16. The van der Waals surface area contributed by atoms with E-state index in [1.165, 1.54) is 0 Å². The summed E-state index contributed by atoms with van der Waals surface area (Å²) in [7, 11) is 0. The lowest BCUT2D eigenvalue weighted by Crippen LogP contribution is -2.34. The predicted molar refractivity (Wildman–Crippen MR) is 72.6 cm³/mol. The highest BCUT2D eigenvalue weighted by atomic mass is 35.5. The van der Waals surface area contributed by atoms with Gasteiger partial charge in [0.25, 0.3) is 0 Å². The van der Waals surface area contributed by atoms with E-state index in [0.29, 0.717) is 11.6 Å². The lowest BCUT2D eigenvalue weighted by atomic mass is 9.99. The quantitative estimate of drug-likeness (QED) is 0.755. The van der Waals surface area contributed by atoms with Gasteiger partial charge in [-0.25, -0.2) is 0 Å². The third-order valence-corrected chi connectivity index (χ3v) is 3.40. The second kappa shape index (κ2) is 4.80. The molecule has 2 aromatic rings. The fraction of sp³-hybridized carbons (Fsp3) is 0.250.